The Bertz CT molecular complexity index is 1100. The van der Waals surface area contributed by atoms with Crippen molar-refractivity contribution in [2.45, 2.75) is 6.54 Å². The highest BCUT2D eigenvalue weighted by atomic mass is 16.5. The number of fused-ring (bicyclic) bond motifs is 1. The molecular weight excluding hydrogens is 374 g/mol. The van der Waals surface area contributed by atoms with Crippen molar-refractivity contribution < 1.29 is 9.26 Å². The molecule has 0 unspecified atom stereocenters. The average Bonchev–Trinajstić information content (AvgIpc) is 3.43. The molecule has 11 heteroatoms. The van der Waals surface area contributed by atoms with Crippen LogP contribution in [0.5, 0.6) is 5.75 Å². The van der Waals surface area contributed by atoms with Crippen molar-refractivity contribution in [3.63, 3.8) is 0 Å². The van der Waals surface area contributed by atoms with Crippen LogP contribution in [-0.4, -0.2) is 73.6 Å². The van der Waals surface area contributed by atoms with Gasteiger partial charge in [-0.1, -0.05) is 5.16 Å². The Kier molecular flexibility index (Phi) is 4.48. The summed E-state index contributed by atoms with van der Waals surface area (Å²) in [6.45, 7) is 4.06. The van der Waals surface area contributed by atoms with E-state index in [9.17, 15) is 0 Å². The molecule has 0 spiro atoms. The van der Waals surface area contributed by atoms with E-state index in [0.717, 1.165) is 43.3 Å². The topological polar surface area (TPSA) is 111 Å². The summed E-state index contributed by atoms with van der Waals surface area (Å²) in [6.07, 6.45) is 0. The van der Waals surface area contributed by atoms with E-state index in [1.54, 1.807) is 7.11 Å². The maximum atomic E-state index is 5.44. The first kappa shape index (κ1) is 17.5. The number of nitrogens with zero attached hydrogens (tertiary/aromatic N) is 9. The quantitative estimate of drug-likeness (QED) is 0.485. The Morgan fingerprint density at radius 3 is 2.66 bits per heavy atom. The zero-order valence-electron chi connectivity index (χ0n) is 15.8. The Hall–Kier alpha value is -3.60. The molecule has 0 bridgehead atoms. The molecule has 0 amide bonds. The van der Waals surface area contributed by atoms with Crippen LogP contribution in [0.1, 0.15) is 5.89 Å². The van der Waals surface area contributed by atoms with Crippen LogP contribution in [0.3, 0.4) is 0 Å². The Morgan fingerprint density at radius 1 is 1.03 bits per heavy atom. The summed E-state index contributed by atoms with van der Waals surface area (Å²) in [7, 11) is 1.64. The molecular formula is C18H19N9O2. The highest BCUT2D eigenvalue weighted by molar-refractivity contribution is 5.55. The number of anilines is 1. The van der Waals surface area contributed by atoms with Crippen molar-refractivity contribution >= 4 is 11.5 Å². The summed E-state index contributed by atoms with van der Waals surface area (Å²) in [5.41, 5.74) is 1.53. The molecule has 0 atom stereocenters. The summed E-state index contributed by atoms with van der Waals surface area (Å²) in [5.74, 6) is 2.85. The van der Waals surface area contributed by atoms with Crippen molar-refractivity contribution in [1.82, 2.24) is 40.3 Å². The number of hydrogen-bond donors (Lipinski definition) is 0. The molecule has 3 aromatic heterocycles. The largest absolute Gasteiger partial charge is 0.497 e. The molecule has 1 aliphatic heterocycles. The second-order valence-corrected chi connectivity index (χ2v) is 6.72. The van der Waals surface area contributed by atoms with Crippen molar-refractivity contribution in [2.24, 2.45) is 0 Å². The third-order valence-corrected chi connectivity index (χ3v) is 4.93. The monoisotopic (exact) mass is 393 g/mol. The maximum Gasteiger partial charge on any atom is 0.241 e. The molecule has 29 heavy (non-hydrogen) atoms. The minimum Gasteiger partial charge on any atom is -0.497 e. The van der Waals surface area contributed by atoms with Crippen LogP contribution in [0.15, 0.2) is 40.9 Å². The predicted octanol–water partition coefficient (Wildman–Crippen LogP) is 0.900. The molecule has 1 fully saturated rings. The van der Waals surface area contributed by atoms with Gasteiger partial charge in [-0.15, -0.1) is 14.8 Å². The average molecular weight is 393 g/mol. The molecule has 0 saturated carbocycles. The van der Waals surface area contributed by atoms with Gasteiger partial charge in [0.2, 0.25) is 11.7 Å². The Balaban J connectivity index is 1.20. The van der Waals surface area contributed by atoms with Crippen molar-refractivity contribution in [3.05, 3.63) is 42.3 Å². The van der Waals surface area contributed by atoms with E-state index in [2.05, 4.69) is 40.6 Å². The molecule has 1 aliphatic rings. The van der Waals surface area contributed by atoms with Gasteiger partial charge in [0, 0.05) is 31.7 Å². The van der Waals surface area contributed by atoms with Crippen LogP contribution in [0.2, 0.25) is 0 Å². The zero-order valence-corrected chi connectivity index (χ0v) is 15.8. The van der Waals surface area contributed by atoms with E-state index in [-0.39, 0.29) is 0 Å². The second kappa shape index (κ2) is 7.43. The lowest BCUT2D eigenvalue weighted by Gasteiger charge is -2.34. The lowest BCUT2D eigenvalue weighted by molar-refractivity contribution is 0.215. The number of methoxy groups -OCH3 is 1. The number of ether oxygens (including phenoxy) is 1. The predicted molar refractivity (Wildman–Crippen MR) is 102 cm³/mol. The fourth-order valence-corrected chi connectivity index (χ4v) is 3.31. The number of tetrazole rings is 1. The van der Waals surface area contributed by atoms with Crippen LogP contribution >= 0.6 is 0 Å². The van der Waals surface area contributed by atoms with Crippen LogP contribution < -0.4 is 9.64 Å². The fourth-order valence-electron chi connectivity index (χ4n) is 3.31. The normalized spacial score (nSPS) is 15.1. The first-order valence-electron chi connectivity index (χ1n) is 9.28. The van der Waals surface area contributed by atoms with Crippen LogP contribution in [-0.2, 0) is 6.54 Å². The number of piperazine rings is 1. The molecule has 148 valence electrons. The summed E-state index contributed by atoms with van der Waals surface area (Å²) >= 11 is 0. The van der Waals surface area contributed by atoms with Crippen molar-refractivity contribution in [2.75, 3.05) is 38.2 Å². The highest BCUT2D eigenvalue weighted by Crippen LogP contribution is 2.20. The van der Waals surface area contributed by atoms with Crippen LogP contribution in [0, 0.1) is 0 Å². The van der Waals surface area contributed by atoms with Gasteiger partial charge in [-0.2, -0.15) is 4.98 Å². The molecule has 1 aromatic carbocycles. The molecule has 0 aliphatic carbocycles. The summed E-state index contributed by atoms with van der Waals surface area (Å²) in [6, 6.07) is 11.4. The third kappa shape index (κ3) is 3.59. The second-order valence-electron chi connectivity index (χ2n) is 6.72. The van der Waals surface area contributed by atoms with E-state index < -0.39 is 0 Å². The smallest absolute Gasteiger partial charge is 0.241 e. The summed E-state index contributed by atoms with van der Waals surface area (Å²) in [5, 5.41) is 19.9. The van der Waals surface area contributed by atoms with Gasteiger partial charge in [-0.05, 0) is 46.8 Å². The first-order chi connectivity index (χ1) is 14.3. The van der Waals surface area contributed by atoms with Gasteiger partial charge in [0.15, 0.2) is 11.5 Å². The SMILES string of the molecule is COc1ccc(-c2noc(CN3CCN(c4ccc5nnnn5n4)CC3)n2)cc1. The number of benzene rings is 1. The lowest BCUT2D eigenvalue weighted by Crippen LogP contribution is -2.46. The molecule has 4 aromatic rings. The summed E-state index contributed by atoms with van der Waals surface area (Å²) in [4.78, 5) is 9.03. The molecule has 0 radical (unpaired) electrons. The van der Waals surface area contributed by atoms with Gasteiger partial charge >= 0.3 is 0 Å². The van der Waals surface area contributed by atoms with E-state index in [0.29, 0.717) is 23.9 Å². The molecule has 1 saturated heterocycles. The van der Waals surface area contributed by atoms with Crippen molar-refractivity contribution in [1.29, 1.82) is 0 Å². The van der Waals surface area contributed by atoms with Gasteiger partial charge in [-0.3, -0.25) is 4.90 Å². The molecule has 5 rings (SSSR count). The summed E-state index contributed by atoms with van der Waals surface area (Å²) < 4.78 is 12.1. The van der Waals surface area contributed by atoms with Gasteiger partial charge in [-0.25, -0.2) is 0 Å². The van der Waals surface area contributed by atoms with Gasteiger partial charge in [0.1, 0.15) is 5.75 Å². The minimum atomic E-state index is 0.584. The third-order valence-electron chi connectivity index (χ3n) is 4.93. The van der Waals surface area contributed by atoms with Crippen molar-refractivity contribution in [3.8, 4) is 17.1 Å². The van der Waals surface area contributed by atoms with E-state index in [1.165, 1.54) is 4.63 Å². The fraction of sp³-hybridized carbons (Fsp3) is 0.333. The first-order valence-corrected chi connectivity index (χ1v) is 9.28. The highest BCUT2D eigenvalue weighted by Gasteiger charge is 2.21. The lowest BCUT2D eigenvalue weighted by atomic mass is 10.2. The minimum absolute atomic E-state index is 0.584. The number of hydrogen-bond acceptors (Lipinski definition) is 10. The van der Waals surface area contributed by atoms with Crippen LogP contribution in [0.25, 0.3) is 17.0 Å². The standard InChI is InChI=1S/C18H19N9O2/c1-28-14-4-2-13(3-5-14)18-19-17(29-22-18)12-25-8-10-26(11-9-25)16-7-6-15-20-23-24-27(15)21-16/h2-7H,8-12H2,1H3. The van der Waals surface area contributed by atoms with Crippen LogP contribution in [0.4, 0.5) is 5.82 Å². The Morgan fingerprint density at radius 2 is 1.86 bits per heavy atom. The van der Waals surface area contributed by atoms with E-state index in [1.807, 2.05) is 36.4 Å². The number of aromatic nitrogens is 7. The van der Waals surface area contributed by atoms with Gasteiger partial charge in [0.25, 0.3) is 0 Å². The maximum absolute atomic E-state index is 5.44. The number of rotatable bonds is 5. The van der Waals surface area contributed by atoms with E-state index in [4.69, 9.17) is 9.26 Å². The Labute approximate surface area is 165 Å². The van der Waals surface area contributed by atoms with Gasteiger partial charge in [0.05, 0.1) is 13.7 Å². The molecule has 0 N–H and O–H groups in total. The zero-order chi connectivity index (χ0) is 19.6. The van der Waals surface area contributed by atoms with Gasteiger partial charge < -0.3 is 14.2 Å². The molecule has 11 nitrogen and oxygen atoms in total. The molecule has 4 heterocycles. The van der Waals surface area contributed by atoms with E-state index >= 15 is 0 Å².